The summed E-state index contributed by atoms with van der Waals surface area (Å²) in [5, 5.41) is 13.9. The van der Waals surface area contributed by atoms with Gasteiger partial charge in [-0.1, -0.05) is 0 Å². The molecule has 0 atom stereocenters. The molecule has 0 unspecified atom stereocenters. The van der Waals surface area contributed by atoms with Gasteiger partial charge in [-0.15, -0.1) is 0 Å². The van der Waals surface area contributed by atoms with Gasteiger partial charge in [-0.2, -0.15) is 5.10 Å². The SMILES string of the molecule is Oc1cc2nccn2nc1C1CC1. The van der Waals surface area contributed by atoms with Crippen molar-refractivity contribution in [3.8, 4) is 5.75 Å². The first-order valence-corrected chi connectivity index (χ1v) is 4.38. The van der Waals surface area contributed by atoms with Crippen molar-refractivity contribution in [2.45, 2.75) is 18.8 Å². The van der Waals surface area contributed by atoms with Gasteiger partial charge >= 0.3 is 0 Å². The Hall–Kier alpha value is -1.58. The Bertz CT molecular complexity index is 459. The average molecular weight is 175 g/mol. The van der Waals surface area contributed by atoms with Gasteiger partial charge in [-0.05, 0) is 12.8 Å². The second-order valence-electron chi connectivity index (χ2n) is 3.42. The topological polar surface area (TPSA) is 50.4 Å². The lowest BCUT2D eigenvalue weighted by Gasteiger charge is -2.01. The molecule has 1 aliphatic rings. The Labute approximate surface area is 74.8 Å². The van der Waals surface area contributed by atoms with Gasteiger partial charge in [0.15, 0.2) is 5.65 Å². The van der Waals surface area contributed by atoms with Crippen LogP contribution in [0.2, 0.25) is 0 Å². The summed E-state index contributed by atoms with van der Waals surface area (Å²) in [4.78, 5) is 4.04. The Balaban J connectivity index is 2.27. The van der Waals surface area contributed by atoms with E-state index < -0.39 is 0 Å². The maximum atomic E-state index is 9.62. The third-order valence-corrected chi connectivity index (χ3v) is 2.36. The molecule has 4 heteroatoms. The lowest BCUT2D eigenvalue weighted by atomic mass is 10.2. The third kappa shape index (κ3) is 0.983. The van der Waals surface area contributed by atoms with Crippen LogP contribution in [0.1, 0.15) is 24.5 Å². The second kappa shape index (κ2) is 2.22. The molecule has 2 aromatic rings. The van der Waals surface area contributed by atoms with Crippen molar-refractivity contribution in [1.29, 1.82) is 0 Å². The van der Waals surface area contributed by atoms with Crippen molar-refractivity contribution in [2.75, 3.05) is 0 Å². The Kier molecular flexibility index (Phi) is 1.17. The first kappa shape index (κ1) is 6.88. The van der Waals surface area contributed by atoms with E-state index in [1.54, 1.807) is 23.0 Å². The summed E-state index contributed by atoms with van der Waals surface area (Å²) in [6, 6.07) is 1.67. The zero-order chi connectivity index (χ0) is 8.84. The van der Waals surface area contributed by atoms with Crippen LogP contribution in [0.15, 0.2) is 18.5 Å². The van der Waals surface area contributed by atoms with Crippen molar-refractivity contribution >= 4 is 5.65 Å². The van der Waals surface area contributed by atoms with Crippen LogP contribution < -0.4 is 0 Å². The van der Waals surface area contributed by atoms with Crippen molar-refractivity contribution < 1.29 is 5.11 Å². The molecule has 2 aromatic heterocycles. The molecule has 66 valence electrons. The lowest BCUT2D eigenvalue weighted by Crippen LogP contribution is -1.96. The van der Waals surface area contributed by atoms with Gasteiger partial charge in [0.1, 0.15) is 11.4 Å². The fourth-order valence-electron chi connectivity index (χ4n) is 1.51. The van der Waals surface area contributed by atoms with Crippen LogP contribution in [0.3, 0.4) is 0 Å². The third-order valence-electron chi connectivity index (χ3n) is 2.36. The highest BCUT2D eigenvalue weighted by molar-refractivity contribution is 5.45. The summed E-state index contributed by atoms with van der Waals surface area (Å²) in [6.07, 6.45) is 5.75. The van der Waals surface area contributed by atoms with E-state index in [2.05, 4.69) is 10.1 Å². The number of hydrogen-bond acceptors (Lipinski definition) is 3. The molecule has 0 amide bonds. The summed E-state index contributed by atoms with van der Waals surface area (Å²) in [5.74, 6) is 0.744. The molecule has 0 saturated heterocycles. The van der Waals surface area contributed by atoms with E-state index in [1.165, 1.54) is 0 Å². The molecule has 1 N–H and O–H groups in total. The number of aromatic nitrogens is 3. The number of rotatable bonds is 1. The molecule has 0 bridgehead atoms. The minimum Gasteiger partial charge on any atom is -0.506 e. The summed E-state index contributed by atoms with van der Waals surface area (Å²) in [7, 11) is 0. The number of fused-ring (bicyclic) bond motifs is 1. The Morgan fingerprint density at radius 3 is 3.08 bits per heavy atom. The minimum absolute atomic E-state index is 0.279. The van der Waals surface area contributed by atoms with Crippen LogP contribution in [0, 0.1) is 0 Å². The molecule has 3 rings (SSSR count). The predicted molar refractivity (Wildman–Crippen MR) is 46.6 cm³/mol. The van der Waals surface area contributed by atoms with Crippen LogP contribution in [0.4, 0.5) is 0 Å². The number of imidazole rings is 1. The van der Waals surface area contributed by atoms with E-state index in [0.717, 1.165) is 18.5 Å². The molecule has 0 aromatic carbocycles. The van der Waals surface area contributed by atoms with Crippen molar-refractivity contribution in [1.82, 2.24) is 14.6 Å². The summed E-state index contributed by atoms with van der Waals surface area (Å²) < 4.78 is 1.70. The van der Waals surface area contributed by atoms with Crippen molar-refractivity contribution in [2.24, 2.45) is 0 Å². The monoisotopic (exact) mass is 175 g/mol. The Morgan fingerprint density at radius 1 is 1.46 bits per heavy atom. The molecule has 13 heavy (non-hydrogen) atoms. The van der Waals surface area contributed by atoms with Crippen LogP contribution in [0.25, 0.3) is 5.65 Å². The highest BCUT2D eigenvalue weighted by atomic mass is 16.3. The van der Waals surface area contributed by atoms with Crippen LogP contribution in [-0.4, -0.2) is 19.7 Å². The minimum atomic E-state index is 0.279. The summed E-state index contributed by atoms with van der Waals surface area (Å²) in [6.45, 7) is 0. The molecule has 0 radical (unpaired) electrons. The van der Waals surface area contributed by atoms with Gasteiger partial charge in [-0.25, -0.2) is 9.50 Å². The molecule has 0 aliphatic heterocycles. The van der Waals surface area contributed by atoms with Crippen LogP contribution in [0.5, 0.6) is 5.75 Å². The van der Waals surface area contributed by atoms with Gasteiger partial charge in [0.25, 0.3) is 0 Å². The number of aromatic hydroxyl groups is 1. The summed E-state index contributed by atoms with van der Waals surface area (Å²) >= 11 is 0. The van der Waals surface area contributed by atoms with Gasteiger partial charge in [0.05, 0.1) is 0 Å². The summed E-state index contributed by atoms with van der Waals surface area (Å²) in [5.41, 5.74) is 1.51. The predicted octanol–water partition coefficient (Wildman–Crippen LogP) is 1.31. The van der Waals surface area contributed by atoms with Gasteiger partial charge in [0.2, 0.25) is 0 Å². The highest BCUT2D eigenvalue weighted by Crippen LogP contribution is 2.42. The maximum absolute atomic E-state index is 9.62. The lowest BCUT2D eigenvalue weighted by molar-refractivity contribution is 0.461. The first-order valence-electron chi connectivity index (χ1n) is 4.38. The second-order valence-corrected chi connectivity index (χ2v) is 3.42. The molecule has 1 aliphatic carbocycles. The molecular weight excluding hydrogens is 166 g/mol. The van der Waals surface area contributed by atoms with E-state index >= 15 is 0 Å². The van der Waals surface area contributed by atoms with E-state index in [0.29, 0.717) is 11.6 Å². The Morgan fingerprint density at radius 2 is 2.31 bits per heavy atom. The zero-order valence-electron chi connectivity index (χ0n) is 7.01. The van der Waals surface area contributed by atoms with Gasteiger partial charge < -0.3 is 5.11 Å². The molecule has 4 nitrogen and oxygen atoms in total. The molecule has 1 fully saturated rings. The van der Waals surface area contributed by atoms with E-state index in [9.17, 15) is 5.11 Å². The largest absolute Gasteiger partial charge is 0.506 e. The van der Waals surface area contributed by atoms with Crippen LogP contribution >= 0.6 is 0 Å². The van der Waals surface area contributed by atoms with Crippen LogP contribution in [-0.2, 0) is 0 Å². The smallest absolute Gasteiger partial charge is 0.157 e. The molecular formula is C9H9N3O. The van der Waals surface area contributed by atoms with E-state index in [4.69, 9.17) is 0 Å². The van der Waals surface area contributed by atoms with E-state index in [1.807, 2.05) is 0 Å². The maximum Gasteiger partial charge on any atom is 0.157 e. The highest BCUT2D eigenvalue weighted by Gasteiger charge is 2.28. The molecule has 1 saturated carbocycles. The number of hydrogen-bond donors (Lipinski definition) is 1. The number of nitrogens with zero attached hydrogens (tertiary/aromatic N) is 3. The van der Waals surface area contributed by atoms with Crippen molar-refractivity contribution in [3.05, 3.63) is 24.2 Å². The molecule has 0 spiro atoms. The standard InChI is InChI=1S/C9H9N3O/c13-7-5-8-10-3-4-12(8)11-9(7)6-1-2-6/h3-6,13H,1-2H2. The quantitative estimate of drug-likeness (QED) is 0.711. The first-order chi connectivity index (χ1) is 6.34. The average Bonchev–Trinajstić information content (AvgIpc) is 2.85. The van der Waals surface area contributed by atoms with Gasteiger partial charge in [-0.3, -0.25) is 0 Å². The zero-order valence-corrected chi connectivity index (χ0v) is 7.01. The van der Waals surface area contributed by atoms with Gasteiger partial charge in [0, 0.05) is 24.4 Å². The molecule has 2 heterocycles. The van der Waals surface area contributed by atoms with Crippen molar-refractivity contribution in [3.63, 3.8) is 0 Å². The van der Waals surface area contributed by atoms with E-state index in [-0.39, 0.29) is 5.75 Å². The fourth-order valence-corrected chi connectivity index (χ4v) is 1.51. The fraction of sp³-hybridized carbons (Fsp3) is 0.333. The normalized spacial score (nSPS) is 16.6.